The van der Waals surface area contributed by atoms with Gasteiger partial charge in [0.1, 0.15) is 12.4 Å². The van der Waals surface area contributed by atoms with E-state index in [9.17, 15) is 4.79 Å². The maximum atomic E-state index is 13.2. The summed E-state index contributed by atoms with van der Waals surface area (Å²) in [5.41, 5.74) is 6.05. The van der Waals surface area contributed by atoms with Crippen LogP contribution in [0.15, 0.2) is 30.7 Å². The molecule has 3 aromatic heterocycles. The molecule has 0 spiro atoms. The summed E-state index contributed by atoms with van der Waals surface area (Å²) in [7, 11) is 0. The summed E-state index contributed by atoms with van der Waals surface area (Å²) in [6.07, 6.45) is 7.25. The van der Waals surface area contributed by atoms with Crippen LogP contribution < -0.4 is 0 Å². The van der Waals surface area contributed by atoms with Crippen molar-refractivity contribution in [3.63, 3.8) is 0 Å². The van der Waals surface area contributed by atoms with E-state index in [4.69, 9.17) is 4.98 Å². The van der Waals surface area contributed by atoms with E-state index in [0.717, 1.165) is 53.2 Å². The van der Waals surface area contributed by atoms with Gasteiger partial charge in [-0.25, -0.2) is 9.97 Å². The molecule has 4 heterocycles. The predicted octanol–water partition coefficient (Wildman–Crippen LogP) is 3.33. The first kappa shape index (κ1) is 19.2. The van der Waals surface area contributed by atoms with E-state index in [-0.39, 0.29) is 18.5 Å². The van der Waals surface area contributed by atoms with Gasteiger partial charge >= 0.3 is 0 Å². The van der Waals surface area contributed by atoms with Gasteiger partial charge in [0.15, 0.2) is 0 Å². The topological polar surface area (TPSA) is 76.8 Å². The molecule has 4 rings (SSSR count). The minimum atomic E-state index is -0.0505. The van der Waals surface area contributed by atoms with E-state index in [1.807, 2.05) is 55.6 Å². The molecular formula is C22H26N6O. The zero-order chi connectivity index (χ0) is 20.5. The summed E-state index contributed by atoms with van der Waals surface area (Å²) in [5, 5.41) is 4.53. The van der Waals surface area contributed by atoms with E-state index in [1.165, 1.54) is 0 Å². The fourth-order valence-electron chi connectivity index (χ4n) is 4.00. The highest BCUT2D eigenvalue weighted by Crippen LogP contribution is 2.36. The number of carbonyl (C=O) groups excluding carboxylic acids is 1. The van der Waals surface area contributed by atoms with Crippen molar-refractivity contribution in [2.24, 2.45) is 0 Å². The highest BCUT2D eigenvalue weighted by Gasteiger charge is 2.33. The Balaban J connectivity index is 1.66. The maximum absolute atomic E-state index is 13.2. The molecule has 1 fully saturated rings. The standard InChI is InChI=1S/C22H26N6O/c1-14-15(2)26-28(16(14)3)13-21(29)27-11-5-6-20(27)22-19(12-24-17(4)25-22)18-7-9-23-10-8-18/h7-10,12,20H,5-6,11,13H2,1-4H3. The van der Waals surface area contributed by atoms with Crippen molar-refractivity contribution in [2.45, 2.75) is 53.1 Å². The molecule has 1 aliphatic heterocycles. The first-order chi connectivity index (χ1) is 14.0. The zero-order valence-electron chi connectivity index (χ0n) is 17.4. The van der Waals surface area contributed by atoms with Crippen LogP contribution in [0.3, 0.4) is 0 Å². The molecule has 1 aliphatic rings. The van der Waals surface area contributed by atoms with Gasteiger partial charge in [-0.1, -0.05) is 0 Å². The SMILES string of the molecule is Cc1ncc(-c2ccncc2)c(C2CCCN2C(=O)Cn2nc(C)c(C)c2C)n1. The number of carbonyl (C=O) groups is 1. The predicted molar refractivity (Wildman–Crippen MR) is 110 cm³/mol. The molecule has 29 heavy (non-hydrogen) atoms. The molecule has 7 heteroatoms. The van der Waals surface area contributed by atoms with Crippen LogP contribution >= 0.6 is 0 Å². The van der Waals surface area contributed by atoms with Crippen molar-refractivity contribution in [2.75, 3.05) is 6.54 Å². The van der Waals surface area contributed by atoms with Gasteiger partial charge in [0, 0.05) is 36.4 Å². The average Bonchev–Trinajstić information content (AvgIpc) is 3.30. The van der Waals surface area contributed by atoms with Crippen molar-refractivity contribution in [3.05, 3.63) is 59.2 Å². The quantitative estimate of drug-likeness (QED) is 0.683. The first-order valence-corrected chi connectivity index (χ1v) is 9.99. The van der Waals surface area contributed by atoms with Gasteiger partial charge in [-0.2, -0.15) is 5.10 Å². The molecule has 1 saturated heterocycles. The summed E-state index contributed by atoms with van der Waals surface area (Å²) in [6.45, 7) is 8.92. The van der Waals surface area contributed by atoms with Crippen molar-refractivity contribution in [3.8, 4) is 11.1 Å². The number of aromatic nitrogens is 5. The Labute approximate surface area is 170 Å². The normalized spacial score (nSPS) is 16.4. The van der Waals surface area contributed by atoms with Gasteiger partial charge in [0.05, 0.1) is 17.4 Å². The fourth-order valence-corrected chi connectivity index (χ4v) is 4.00. The zero-order valence-corrected chi connectivity index (χ0v) is 17.4. The number of rotatable bonds is 4. The summed E-state index contributed by atoms with van der Waals surface area (Å²) in [4.78, 5) is 28.4. The number of pyridine rings is 1. The van der Waals surface area contributed by atoms with Gasteiger partial charge in [-0.15, -0.1) is 0 Å². The minimum Gasteiger partial charge on any atom is -0.332 e. The van der Waals surface area contributed by atoms with Crippen molar-refractivity contribution < 1.29 is 4.79 Å². The van der Waals surface area contributed by atoms with Gasteiger partial charge in [-0.05, 0) is 63.8 Å². The lowest BCUT2D eigenvalue weighted by Crippen LogP contribution is -2.34. The molecule has 0 radical (unpaired) electrons. The molecule has 0 aliphatic carbocycles. The smallest absolute Gasteiger partial charge is 0.244 e. The van der Waals surface area contributed by atoms with Crippen LogP contribution in [0.25, 0.3) is 11.1 Å². The summed E-state index contributed by atoms with van der Waals surface area (Å²) in [6, 6.07) is 3.86. The highest BCUT2D eigenvalue weighted by molar-refractivity contribution is 5.77. The second-order valence-electron chi connectivity index (χ2n) is 7.65. The molecule has 0 N–H and O–H groups in total. The average molecular weight is 390 g/mol. The van der Waals surface area contributed by atoms with Crippen molar-refractivity contribution >= 4 is 5.91 Å². The molecule has 0 saturated carbocycles. The van der Waals surface area contributed by atoms with Crippen molar-refractivity contribution in [1.29, 1.82) is 0 Å². The third-order valence-corrected chi connectivity index (χ3v) is 5.85. The van der Waals surface area contributed by atoms with Crippen LogP contribution in [0.5, 0.6) is 0 Å². The summed E-state index contributed by atoms with van der Waals surface area (Å²) in [5.74, 6) is 0.793. The molecule has 1 amide bonds. The minimum absolute atomic E-state index is 0.0505. The Morgan fingerprint density at radius 2 is 1.93 bits per heavy atom. The van der Waals surface area contributed by atoms with Crippen molar-refractivity contribution in [1.82, 2.24) is 29.6 Å². The van der Waals surface area contributed by atoms with Gasteiger partial charge < -0.3 is 4.90 Å². The Hall–Kier alpha value is -3.09. The second-order valence-corrected chi connectivity index (χ2v) is 7.65. The van der Waals surface area contributed by atoms with E-state index in [1.54, 1.807) is 12.4 Å². The lowest BCUT2D eigenvalue weighted by Gasteiger charge is -2.26. The third-order valence-electron chi connectivity index (χ3n) is 5.85. The molecule has 1 unspecified atom stereocenters. The number of likely N-dealkylation sites (tertiary alicyclic amines) is 1. The Bertz CT molecular complexity index is 1040. The number of hydrogen-bond donors (Lipinski definition) is 0. The fraction of sp³-hybridized carbons (Fsp3) is 0.409. The third kappa shape index (κ3) is 3.64. The lowest BCUT2D eigenvalue weighted by atomic mass is 10.0. The van der Waals surface area contributed by atoms with Crippen LogP contribution in [0, 0.1) is 27.7 Å². The summed E-state index contributed by atoms with van der Waals surface area (Å²) < 4.78 is 1.82. The molecular weight excluding hydrogens is 364 g/mol. The summed E-state index contributed by atoms with van der Waals surface area (Å²) >= 11 is 0. The van der Waals surface area contributed by atoms with E-state index in [2.05, 4.69) is 15.1 Å². The molecule has 150 valence electrons. The molecule has 3 aromatic rings. The monoisotopic (exact) mass is 390 g/mol. The van der Waals surface area contributed by atoms with E-state index in [0.29, 0.717) is 5.82 Å². The van der Waals surface area contributed by atoms with Crippen LogP contribution in [0.1, 0.15) is 47.4 Å². The number of nitrogens with zero attached hydrogens (tertiary/aromatic N) is 6. The number of amides is 1. The molecule has 1 atom stereocenters. The van der Waals surface area contributed by atoms with E-state index < -0.39 is 0 Å². The van der Waals surface area contributed by atoms with Crippen LogP contribution in [0.2, 0.25) is 0 Å². The van der Waals surface area contributed by atoms with Gasteiger partial charge in [-0.3, -0.25) is 14.5 Å². The maximum Gasteiger partial charge on any atom is 0.244 e. The first-order valence-electron chi connectivity index (χ1n) is 9.99. The largest absolute Gasteiger partial charge is 0.332 e. The lowest BCUT2D eigenvalue weighted by molar-refractivity contribution is -0.133. The van der Waals surface area contributed by atoms with Crippen LogP contribution in [0.4, 0.5) is 0 Å². The Morgan fingerprint density at radius 1 is 1.17 bits per heavy atom. The number of hydrogen-bond acceptors (Lipinski definition) is 5. The molecule has 7 nitrogen and oxygen atoms in total. The van der Waals surface area contributed by atoms with Crippen LogP contribution in [-0.4, -0.2) is 42.1 Å². The van der Waals surface area contributed by atoms with Gasteiger partial charge in [0.2, 0.25) is 5.91 Å². The highest BCUT2D eigenvalue weighted by atomic mass is 16.2. The van der Waals surface area contributed by atoms with E-state index >= 15 is 0 Å². The second kappa shape index (κ2) is 7.73. The molecule has 0 aromatic carbocycles. The molecule has 0 bridgehead atoms. The van der Waals surface area contributed by atoms with Crippen LogP contribution in [-0.2, 0) is 11.3 Å². The number of aryl methyl sites for hydroxylation is 2. The Morgan fingerprint density at radius 3 is 2.62 bits per heavy atom. The Kier molecular flexibility index (Phi) is 5.13. The van der Waals surface area contributed by atoms with Gasteiger partial charge in [0.25, 0.3) is 0 Å².